The van der Waals surface area contributed by atoms with Gasteiger partial charge in [-0.15, -0.1) is 0 Å². The minimum Gasteiger partial charge on any atom is -0.481 e. The van der Waals surface area contributed by atoms with Crippen LogP contribution in [0.4, 0.5) is 10.1 Å². The number of aromatic nitrogens is 1. The number of aliphatic carboxylic acids is 1. The normalized spacial score (nSPS) is 10.6. The maximum atomic E-state index is 13.8. The Morgan fingerprint density at radius 2 is 2.25 bits per heavy atom. The van der Waals surface area contributed by atoms with Crippen LogP contribution in [-0.4, -0.2) is 22.6 Å². The van der Waals surface area contributed by atoms with Gasteiger partial charge in [0.15, 0.2) is 5.82 Å². The molecule has 1 aromatic heterocycles. The summed E-state index contributed by atoms with van der Waals surface area (Å²) in [6.45, 7) is 0.207. The van der Waals surface area contributed by atoms with E-state index in [4.69, 9.17) is 5.11 Å². The first kappa shape index (κ1) is 10.5. The Balaban J connectivity index is 2.17. The van der Waals surface area contributed by atoms with Crippen LogP contribution in [0.2, 0.25) is 0 Å². The Morgan fingerprint density at radius 3 is 3.00 bits per heavy atom. The largest absolute Gasteiger partial charge is 0.481 e. The van der Waals surface area contributed by atoms with Gasteiger partial charge in [-0.05, 0) is 12.1 Å². The summed E-state index contributed by atoms with van der Waals surface area (Å²) in [6, 6.07) is 5.16. The molecule has 0 amide bonds. The average molecular weight is 222 g/mol. The molecular weight excluding hydrogens is 211 g/mol. The van der Waals surface area contributed by atoms with Crippen molar-refractivity contribution >= 4 is 22.6 Å². The molecule has 0 aliphatic heterocycles. The Bertz CT molecular complexity index is 522. The minimum absolute atomic E-state index is 0.0395. The summed E-state index contributed by atoms with van der Waals surface area (Å²) in [7, 11) is 0. The molecule has 84 valence electrons. The highest BCUT2D eigenvalue weighted by atomic mass is 19.1. The molecule has 0 saturated carbocycles. The van der Waals surface area contributed by atoms with E-state index in [2.05, 4.69) is 10.3 Å². The molecule has 0 atom stereocenters. The van der Waals surface area contributed by atoms with Gasteiger partial charge in [0, 0.05) is 18.1 Å². The first-order chi connectivity index (χ1) is 7.68. The lowest BCUT2D eigenvalue weighted by atomic mass is 10.2. The molecule has 4 nitrogen and oxygen atoms in total. The van der Waals surface area contributed by atoms with Crippen LogP contribution in [0.3, 0.4) is 0 Å². The standard InChI is InChI=1S/C11H11FN2O2/c12-10-8(13-6-4-9(15)16)2-1-7-3-5-14-11(7)10/h1-3,5,13-14H,4,6H2,(H,15,16). The van der Waals surface area contributed by atoms with E-state index in [-0.39, 0.29) is 18.8 Å². The number of H-pyrrole nitrogens is 1. The van der Waals surface area contributed by atoms with Crippen molar-refractivity contribution in [2.75, 3.05) is 11.9 Å². The minimum atomic E-state index is -0.908. The maximum Gasteiger partial charge on any atom is 0.305 e. The smallest absolute Gasteiger partial charge is 0.305 e. The molecule has 3 N–H and O–H groups in total. The van der Waals surface area contributed by atoms with E-state index in [1.54, 1.807) is 24.4 Å². The van der Waals surface area contributed by atoms with Crippen LogP contribution in [-0.2, 0) is 4.79 Å². The predicted molar refractivity (Wildman–Crippen MR) is 59.0 cm³/mol. The number of carboxylic acids is 1. The lowest BCUT2D eigenvalue weighted by molar-refractivity contribution is -0.136. The van der Waals surface area contributed by atoms with Crippen LogP contribution in [0.5, 0.6) is 0 Å². The van der Waals surface area contributed by atoms with Crippen molar-refractivity contribution in [3.8, 4) is 0 Å². The lowest BCUT2D eigenvalue weighted by Gasteiger charge is -2.06. The van der Waals surface area contributed by atoms with E-state index in [0.29, 0.717) is 11.2 Å². The monoisotopic (exact) mass is 222 g/mol. The van der Waals surface area contributed by atoms with Crippen molar-refractivity contribution in [1.82, 2.24) is 4.98 Å². The van der Waals surface area contributed by atoms with Gasteiger partial charge in [0.05, 0.1) is 17.6 Å². The van der Waals surface area contributed by atoms with Gasteiger partial charge >= 0.3 is 5.97 Å². The number of hydrogen-bond donors (Lipinski definition) is 3. The number of fused-ring (bicyclic) bond motifs is 1. The Hall–Kier alpha value is -2.04. The number of nitrogens with one attached hydrogen (secondary N) is 2. The quantitative estimate of drug-likeness (QED) is 0.743. The van der Waals surface area contributed by atoms with Crippen LogP contribution in [0, 0.1) is 5.82 Å². The Morgan fingerprint density at radius 1 is 1.44 bits per heavy atom. The zero-order chi connectivity index (χ0) is 11.5. The van der Waals surface area contributed by atoms with Gasteiger partial charge in [-0.3, -0.25) is 4.79 Å². The molecule has 0 bridgehead atoms. The maximum absolute atomic E-state index is 13.8. The number of anilines is 1. The number of halogens is 1. The van der Waals surface area contributed by atoms with E-state index >= 15 is 0 Å². The van der Waals surface area contributed by atoms with E-state index in [9.17, 15) is 9.18 Å². The third kappa shape index (κ3) is 1.98. The van der Waals surface area contributed by atoms with Crippen molar-refractivity contribution in [3.05, 3.63) is 30.2 Å². The molecule has 0 unspecified atom stereocenters. The number of carboxylic acid groups (broad SMARTS) is 1. The average Bonchev–Trinajstić information content (AvgIpc) is 2.69. The molecule has 0 aliphatic carbocycles. The van der Waals surface area contributed by atoms with Gasteiger partial charge in [-0.25, -0.2) is 4.39 Å². The van der Waals surface area contributed by atoms with Crippen LogP contribution in [0.15, 0.2) is 24.4 Å². The van der Waals surface area contributed by atoms with E-state index < -0.39 is 5.97 Å². The molecule has 16 heavy (non-hydrogen) atoms. The van der Waals surface area contributed by atoms with Gasteiger partial charge in [0.1, 0.15) is 0 Å². The van der Waals surface area contributed by atoms with Crippen LogP contribution >= 0.6 is 0 Å². The molecule has 0 spiro atoms. The highest BCUT2D eigenvalue weighted by Crippen LogP contribution is 2.23. The Labute approximate surface area is 91.1 Å². The van der Waals surface area contributed by atoms with Crippen LogP contribution in [0.1, 0.15) is 6.42 Å². The lowest BCUT2D eigenvalue weighted by Crippen LogP contribution is -2.08. The number of carbonyl (C=O) groups is 1. The van der Waals surface area contributed by atoms with Crippen LogP contribution < -0.4 is 5.32 Å². The number of hydrogen-bond acceptors (Lipinski definition) is 2. The fourth-order valence-corrected chi connectivity index (χ4v) is 1.53. The summed E-state index contributed by atoms with van der Waals surface area (Å²) in [5, 5.41) is 12.0. The molecule has 0 fully saturated rings. The summed E-state index contributed by atoms with van der Waals surface area (Å²) in [5.74, 6) is -1.29. The zero-order valence-corrected chi connectivity index (χ0v) is 8.46. The third-order valence-electron chi connectivity index (χ3n) is 2.32. The second-order valence-corrected chi connectivity index (χ2v) is 3.44. The van der Waals surface area contributed by atoms with Gasteiger partial charge in [-0.2, -0.15) is 0 Å². The highest BCUT2D eigenvalue weighted by molar-refractivity contribution is 5.83. The summed E-state index contributed by atoms with van der Waals surface area (Å²) >= 11 is 0. The van der Waals surface area contributed by atoms with Crippen molar-refractivity contribution in [2.45, 2.75) is 6.42 Å². The fraction of sp³-hybridized carbons (Fsp3) is 0.182. The Kier molecular flexibility index (Phi) is 2.76. The molecule has 0 saturated heterocycles. The zero-order valence-electron chi connectivity index (χ0n) is 8.46. The molecule has 1 heterocycles. The van der Waals surface area contributed by atoms with Gasteiger partial charge in [0.2, 0.25) is 0 Å². The fourth-order valence-electron chi connectivity index (χ4n) is 1.53. The van der Waals surface area contributed by atoms with Crippen molar-refractivity contribution in [3.63, 3.8) is 0 Å². The van der Waals surface area contributed by atoms with Crippen LogP contribution in [0.25, 0.3) is 10.9 Å². The second kappa shape index (κ2) is 4.22. The topological polar surface area (TPSA) is 65.1 Å². The summed E-state index contributed by atoms with van der Waals surface area (Å²) in [4.78, 5) is 13.1. The number of benzene rings is 1. The molecule has 0 aliphatic rings. The van der Waals surface area contributed by atoms with Gasteiger partial charge < -0.3 is 15.4 Å². The summed E-state index contributed by atoms with van der Waals surface area (Å²) in [5.41, 5.74) is 0.747. The first-order valence-corrected chi connectivity index (χ1v) is 4.90. The predicted octanol–water partition coefficient (Wildman–Crippen LogP) is 2.19. The molecule has 5 heteroatoms. The number of aromatic amines is 1. The van der Waals surface area contributed by atoms with E-state index in [0.717, 1.165) is 5.39 Å². The number of rotatable bonds is 4. The highest BCUT2D eigenvalue weighted by Gasteiger charge is 2.07. The second-order valence-electron chi connectivity index (χ2n) is 3.44. The molecule has 0 radical (unpaired) electrons. The van der Waals surface area contributed by atoms with Crippen molar-refractivity contribution in [1.29, 1.82) is 0 Å². The van der Waals surface area contributed by atoms with E-state index in [1.165, 1.54) is 0 Å². The van der Waals surface area contributed by atoms with Gasteiger partial charge in [0.25, 0.3) is 0 Å². The first-order valence-electron chi connectivity index (χ1n) is 4.90. The van der Waals surface area contributed by atoms with Crippen molar-refractivity contribution in [2.24, 2.45) is 0 Å². The van der Waals surface area contributed by atoms with E-state index in [1.807, 2.05) is 0 Å². The summed E-state index contributed by atoms with van der Waals surface area (Å²) < 4.78 is 13.8. The third-order valence-corrected chi connectivity index (χ3v) is 2.32. The molecular formula is C11H11FN2O2. The van der Waals surface area contributed by atoms with Gasteiger partial charge in [-0.1, -0.05) is 6.07 Å². The molecule has 2 aromatic rings. The summed E-state index contributed by atoms with van der Waals surface area (Å²) in [6.07, 6.45) is 1.62. The SMILES string of the molecule is O=C(O)CCNc1ccc2cc[nH]c2c1F. The molecule has 2 rings (SSSR count). The van der Waals surface area contributed by atoms with Crippen molar-refractivity contribution < 1.29 is 14.3 Å². The molecule has 1 aromatic carbocycles.